The fourth-order valence-electron chi connectivity index (χ4n) is 2.58. The molecule has 4 nitrogen and oxygen atoms in total. The van der Waals surface area contributed by atoms with Gasteiger partial charge < -0.3 is 4.79 Å². The number of piperidine rings is 1. The average Bonchev–Trinajstić information content (AvgIpc) is 2.67. The van der Waals surface area contributed by atoms with Gasteiger partial charge in [-0.15, -0.1) is 0 Å². The average molecular weight is 314 g/mol. The minimum atomic E-state index is 0.205. The molecule has 1 saturated heterocycles. The van der Waals surface area contributed by atoms with E-state index in [4.69, 9.17) is 0 Å². The second-order valence-corrected chi connectivity index (χ2v) is 5.73. The summed E-state index contributed by atoms with van der Waals surface area (Å²) in [7, 11) is 0. The molecule has 1 aromatic heterocycles. The molecule has 0 saturated carbocycles. The molecule has 1 fully saturated rings. The van der Waals surface area contributed by atoms with Crippen LogP contribution in [-0.4, -0.2) is 34.1 Å². The first-order valence-electron chi connectivity index (χ1n) is 6.55. The van der Waals surface area contributed by atoms with Crippen LogP contribution in [0.4, 0.5) is 0 Å². The Morgan fingerprint density at radius 1 is 1.56 bits per heavy atom. The van der Waals surface area contributed by atoms with Crippen molar-refractivity contribution in [2.45, 2.75) is 39.8 Å². The van der Waals surface area contributed by atoms with Crippen molar-refractivity contribution in [3.63, 3.8) is 0 Å². The number of rotatable bonds is 4. The molecule has 0 N–H and O–H groups in total. The lowest BCUT2D eigenvalue weighted by Gasteiger charge is -2.30. The fourth-order valence-corrected chi connectivity index (χ4v) is 2.99. The zero-order valence-electron chi connectivity index (χ0n) is 11.0. The number of halogens is 1. The maximum atomic E-state index is 10.9. The standard InChI is InChI=1S/C13H20BrN3O/c1-3-17-12(13(14)10(2)15-17)8-16-6-4-5-11(7-16)9-18/h9,11H,3-8H2,1-2H3. The zero-order valence-corrected chi connectivity index (χ0v) is 12.6. The van der Waals surface area contributed by atoms with Gasteiger partial charge in [0.2, 0.25) is 0 Å². The number of nitrogens with zero attached hydrogens (tertiary/aromatic N) is 3. The normalized spacial score (nSPS) is 21.2. The van der Waals surface area contributed by atoms with Gasteiger partial charge in [-0.2, -0.15) is 5.10 Å². The highest BCUT2D eigenvalue weighted by atomic mass is 79.9. The third-order valence-electron chi connectivity index (χ3n) is 3.56. The van der Waals surface area contributed by atoms with Crippen molar-refractivity contribution in [1.82, 2.24) is 14.7 Å². The minimum absolute atomic E-state index is 0.205. The maximum absolute atomic E-state index is 10.9. The number of aldehydes is 1. The van der Waals surface area contributed by atoms with Gasteiger partial charge in [-0.25, -0.2) is 0 Å². The minimum Gasteiger partial charge on any atom is -0.303 e. The first-order valence-corrected chi connectivity index (χ1v) is 7.34. The van der Waals surface area contributed by atoms with E-state index in [-0.39, 0.29) is 5.92 Å². The number of likely N-dealkylation sites (tertiary alicyclic amines) is 1. The van der Waals surface area contributed by atoms with E-state index in [0.29, 0.717) is 0 Å². The van der Waals surface area contributed by atoms with Crippen molar-refractivity contribution in [1.29, 1.82) is 0 Å². The van der Waals surface area contributed by atoms with Crippen LogP contribution in [-0.2, 0) is 17.9 Å². The topological polar surface area (TPSA) is 38.1 Å². The summed E-state index contributed by atoms with van der Waals surface area (Å²) < 4.78 is 3.15. The van der Waals surface area contributed by atoms with E-state index in [1.54, 1.807) is 0 Å². The molecule has 1 aliphatic heterocycles. The van der Waals surface area contributed by atoms with Crippen LogP contribution in [0.25, 0.3) is 0 Å². The second kappa shape index (κ2) is 5.97. The summed E-state index contributed by atoms with van der Waals surface area (Å²) in [5, 5.41) is 4.51. The lowest BCUT2D eigenvalue weighted by atomic mass is 10.00. The van der Waals surface area contributed by atoms with Gasteiger partial charge in [-0.1, -0.05) is 0 Å². The molecule has 5 heteroatoms. The number of aryl methyl sites for hydroxylation is 2. The molecular formula is C13H20BrN3O. The van der Waals surface area contributed by atoms with Crippen molar-refractivity contribution in [3.8, 4) is 0 Å². The van der Waals surface area contributed by atoms with Crippen molar-refractivity contribution in [3.05, 3.63) is 15.9 Å². The molecule has 0 radical (unpaired) electrons. The Morgan fingerprint density at radius 3 is 3.00 bits per heavy atom. The molecule has 1 aliphatic rings. The first kappa shape index (κ1) is 13.7. The highest BCUT2D eigenvalue weighted by Crippen LogP contribution is 2.24. The molecule has 2 heterocycles. The molecule has 1 atom stereocenters. The van der Waals surface area contributed by atoms with E-state index in [1.807, 2.05) is 11.6 Å². The number of aromatic nitrogens is 2. The van der Waals surface area contributed by atoms with Gasteiger partial charge in [0, 0.05) is 25.6 Å². The quantitative estimate of drug-likeness (QED) is 0.801. The Bertz CT molecular complexity index is 430. The molecule has 0 bridgehead atoms. The Balaban J connectivity index is 2.11. The molecule has 1 aromatic rings. The third-order valence-corrected chi connectivity index (χ3v) is 4.59. The predicted octanol–water partition coefficient (Wildman–Crippen LogP) is 2.38. The summed E-state index contributed by atoms with van der Waals surface area (Å²) in [5.41, 5.74) is 2.26. The van der Waals surface area contributed by atoms with Crippen LogP contribution in [0.5, 0.6) is 0 Å². The van der Waals surface area contributed by atoms with Crippen molar-refractivity contribution in [2.24, 2.45) is 5.92 Å². The van der Waals surface area contributed by atoms with E-state index >= 15 is 0 Å². The molecule has 1 unspecified atom stereocenters. The van der Waals surface area contributed by atoms with Crippen LogP contribution in [0.3, 0.4) is 0 Å². The highest BCUT2D eigenvalue weighted by Gasteiger charge is 2.22. The summed E-state index contributed by atoms with van der Waals surface area (Å²) in [6.07, 6.45) is 3.25. The summed E-state index contributed by atoms with van der Waals surface area (Å²) in [5.74, 6) is 0.205. The van der Waals surface area contributed by atoms with Gasteiger partial charge >= 0.3 is 0 Å². The monoisotopic (exact) mass is 313 g/mol. The lowest BCUT2D eigenvalue weighted by Crippen LogP contribution is -2.36. The number of hydrogen-bond donors (Lipinski definition) is 0. The first-order chi connectivity index (χ1) is 8.65. The van der Waals surface area contributed by atoms with Crippen LogP contribution in [0.2, 0.25) is 0 Å². The lowest BCUT2D eigenvalue weighted by molar-refractivity contribution is -0.112. The Kier molecular flexibility index (Phi) is 4.56. The molecular weight excluding hydrogens is 294 g/mol. The molecule has 0 aliphatic carbocycles. The molecule has 2 rings (SSSR count). The van der Waals surface area contributed by atoms with Crippen LogP contribution >= 0.6 is 15.9 Å². The van der Waals surface area contributed by atoms with E-state index < -0.39 is 0 Å². The van der Waals surface area contributed by atoms with Gasteiger partial charge in [-0.05, 0) is 49.2 Å². The van der Waals surface area contributed by atoms with Crippen LogP contribution in [0.15, 0.2) is 4.47 Å². The van der Waals surface area contributed by atoms with Crippen molar-refractivity contribution >= 4 is 22.2 Å². The summed E-state index contributed by atoms with van der Waals surface area (Å²) in [6.45, 7) is 7.83. The zero-order chi connectivity index (χ0) is 13.1. The summed E-state index contributed by atoms with van der Waals surface area (Å²) in [6, 6.07) is 0. The smallest absolute Gasteiger partial charge is 0.124 e. The number of carbonyl (C=O) groups is 1. The van der Waals surface area contributed by atoms with E-state index in [0.717, 1.165) is 55.5 Å². The largest absolute Gasteiger partial charge is 0.303 e. The van der Waals surface area contributed by atoms with Crippen molar-refractivity contribution in [2.75, 3.05) is 13.1 Å². The van der Waals surface area contributed by atoms with Crippen LogP contribution in [0.1, 0.15) is 31.2 Å². The van der Waals surface area contributed by atoms with E-state index in [2.05, 4.69) is 32.9 Å². The molecule has 0 aromatic carbocycles. The Labute approximate surface area is 116 Å². The Morgan fingerprint density at radius 2 is 2.33 bits per heavy atom. The summed E-state index contributed by atoms with van der Waals surface area (Å²) in [4.78, 5) is 13.3. The van der Waals surface area contributed by atoms with E-state index in [9.17, 15) is 4.79 Å². The molecule has 18 heavy (non-hydrogen) atoms. The number of hydrogen-bond acceptors (Lipinski definition) is 3. The third kappa shape index (κ3) is 2.83. The molecule has 0 amide bonds. The van der Waals surface area contributed by atoms with Gasteiger partial charge in [0.1, 0.15) is 6.29 Å². The van der Waals surface area contributed by atoms with Gasteiger partial charge in [0.15, 0.2) is 0 Å². The maximum Gasteiger partial charge on any atom is 0.124 e. The predicted molar refractivity (Wildman–Crippen MR) is 74.4 cm³/mol. The Hall–Kier alpha value is -0.680. The SMILES string of the molecule is CCn1nc(C)c(Br)c1CN1CCCC(C=O)C1. The highest BCUT2D eigenvalue weighted by molar-refractivity contribution is 9.10. The van der Waals surface area contributed by atoms with Gasteiger partial charge in [-0.3, -0.25) is 9.58 Å². The van der Waals surface area contributed by atoms with Crippen LogP contribution < -0.4 is 0 Å². The summed E-state index contributed by atoms with van der Waals surface area (Å²) >= 11 is 3.62. The molecule has 100 valence electrons. The fraction of sp³-hybridized carbons (Fsp3) is 0.692. The van der Waals surface area contributed by atoms with Crippen LogP contribution in [0, 0.1) is 12.8 Å². The van der Waals surface area contributed by atoms with Crippen molar-refractivity contribution < 1.29 is 4.79 Å². The molecule has 0 spiro atoms. The number of carbonyl (C=O) groups excluding carboxylic acids is 1. The second-order valence-electron chi connectivity index (χ2n) is 4.94. The van der Waals surface area contributed by atoms with Gasteiger partial charge in [0.25, 0.3) is 0 Å². The van der Waals surface area contributed by atoms with E-state index in [1.165, 1.54) is 5.69 Å². The van der Waals surface area contributed by atoms with Gasteiger partial charge in [0.05, 0.1) is 15.9 Å².